The molecule has 0 spiro atoms. The van der Waals surface area contributed by atoms with Crippen molar-refractivity contribution >= 4 is 40.8 Å². The zero-order valence-electron chi connectivity index (χ0n) is 16.9. The summed E-state index contributed by atoms with van der Waals surface area (Å²) in [5.41, 5.74) is 1.02. The van der Waals surface area contributed by atoms with E-state index in [9.17, 15) is 14.4 Å². The van der Waals surface area contributed by atoms with Gasteiger partial charge in [-0.25, -0.2) is 0 Å². The average Bonchev–Trinajstić information content (AvgIpc) is 3.24. The highest BCUT2D eigenvalue weighted by molar-refractivity contribution is 7.80. The van der Waals surface area contributed by atoms with Crippen LogP contribution in [0.3, 0.4) is 0 Å². The van der Waals surface area contributed by atoms with E-state index < -0.39 is 11.9 Å². The number of rotatable bonds is 10. The van der Waals surface area contributed by atoms with E-state index in [1.807, 2.05) is 0 Å². The lowest BCUT2D eigenvalue weighted by Crippen LogP contribution is -2.34. The number of hydrogen-bond acceptors (Lipinski definition) is 7. The summed E-state index contributed by atoms with van der Waals surface area (Å²) in [4.78, 5) is 35.7. The van der Waals surface area contributed by atoms with Crippen molar-refractivity contribution in [3.05, 3.63) is 29.8 Å². The first kappa shape index (κ1) is 23.7. The minimum atomic E-state index is -0.484. The molecule has 164 valence electrons. The van der Waals surface area contributed by atoms with E-state index in [-0.39, 0.29) is 36.6 Å². The van der Waals surface area contributed by atoms with Crippen molar-refractivity contribution in [1.29, 1.82) is 0 Å². The number of anilines is 1. The van der Waals surface area contributed by atoms with Crippen LogP contribution < -0.4 is 16.0 Å². The second kappa shape index (κ2) is 12.9. The van der Waals surface area contributed by atoms with Gasteiger partial charge in [-0.1, -0.05) is 6.07 Å². The van der Waals surface area contributed by atoms with E-state index >= 15 is 0 Å². The van der Waals surface area contributed by atoms with Crippen LogP contribution >= 0.6 is 12.2 Å². The maximum Gasteiger partial charge on any atom is 0.306 e. The maximum absolute atomic E-state index is 12.3. The maximum atomic E-state index is 12.3. The van der Waals surface area contributed by atoms with Crippen molar-refractivity contribution in [3.63, 3.8) is 0 Å². The Morgan fingerprint density at radius 3 is 2.80 bits per heavy atom. The summed E-state index contributed by atoms with van der Waals surface area (Å²) in [7, 11) is 1.50. The number of thiocarbonyl (C=S) groups is 1. The number of carbonyl (C=O) groups excluding carboxylic acids is 3. The Bertz CT molecular complexity index is 752. The molecule has 10 heteroatoms. The first-order valence-corrected chi connectivity index (χ1v) is 10.1. The first-order valence-electron chi connectivity index (χ1n) is 9.73. The molecular formula is C20H27N3O6S. The van der Waals surface area contributed by atoms with Crippen molar-refractivity contribution in [2.45, 2.75) is 31.8 Å². The van der Waals surface area contributed by atoms with E-state index in [2.05, 4.69) is 16.0 Å². The van der Waals surface area contributed by atoms with Crippen LogP contribution in [-0.4, -0.2) is 62.5 Å². The van der Waals surface area contributed by atoms with Crippen LogP contribution in [0.15, 0.2) is 24.3 Å². The van der Waals surface area contributed by atoms with Gasteiger partial charge in [0.05, 0.1) is 19.1 Å². The van der Waals surface area contributed by atoms with Gasteiger partial charge in [0.2, 0.25) is 5.91 Å². The fourth-order valence-corrected chi connectivity index (χ4v) is 2.96. The summed E-state index contributed by atoms with van der Waals surface area (Å²) in [6.07, 6.45) is 1.91. The largest absolute Gasteiger partial charge is 0.463 e. The molecule has 1 aliphatic heterocycles. The smallest absolute Gasteiger partial charge is 0.306 e. The molecule has 1 heterocycles. The highest BCUT2D eigenvalue weighted by atomic mass is 32.1. The van der Waals surface area contributed by atoms with Crippen molar-refractivity contribution in [2.75, 3.05) is 38.8 Å². The summed E-state index contributed by atoms with van der Waals surface area (Å²) in [5, 5.41) is 8.28. The molecular weight excluding hydrogens is 410 g/mol. The number of methoxy groups -OCH3 is 1. The Balaban J connectivity index is 1.73. The summed E-state index contributed by atoms with van der Waals surface area (Å²) >= 11 is 5.12. The van der Waals surface area contributed by atoms with Crippen molar-refractivity contribution in [2.24, 2.45) is 0 Å². The molecule has 0 aliphatic carbocycles. The lowest BCUT2D eigenvalue weighted by molar-refractivity contribution is -0.146. The number of ether oxygens (including phenoxy) is 3. The minimum absolute atomic E-state index is 0.0562. The van der Waals surface area contributed by atoms with E-state index in [0.29, 0.717) is 24.4 Å². The van der Waals surface area contributed by atoms with Gasteiger partial charge in [0.25, 0.3) is 5.91 Å². The Morgan fingerprint density at radius 2 is 2.07 bits per heavy atom. The Labute approximate surface area is 180 Å². The first-order chi connectivity index (χ1) is 14.5. The van der Waals surface area contributed by atoms with Gasteiger partial charge in [-0.3, -0.25) is 14.4 Å². The average molecular weight is 438 g/mol. The number of amides is 2. The molecule has 0 radical (unpaired) electrons. The molecule has 2 amide bonds. The molecule has 1 fully saturated rings. The molecule has 1 unspecified atom stereocenters. The molecule has 1 saturated heterocycles. The van der Waals surface area contributed by atoms with E-state index in [1.54, 1.807) is 24.3 Å². The Morgan fingerprint density at radius 1 is 1.23 bits per heavy atom. The van der Waals surface area contributed by atoms with Crippen LogP contribution in [-0.2, 0) is 23.8 Å². The SMILES string of the molecule is COCCOC(=O)CCC(=O)NC(=S)Nc1cccc(C(=O)NCC2CCCO2)c1. The molecule has 9 nitrogen and oxygen atoms in total. The van der Waals surface area contributed by atoms with E-state index in [1.165, 1.54) is 7.11 Å². The highest BCUT2D eigenvalue weighted by Gasteiger charge is 2.17. The highest BCUT2D eigenvalue weighted by Crippen LogP contribution is 2.13. The van der Waals surface area contributed by atoms with Gasteiger partial charge < -0.3 is 30.2 Å². The molecule has 3 N–H and O–H groups in total. The molecule has 1 atom stereocenters. The molecule has 1 aliphatic rings. The third kappa shape index (κ3) is 8.85. The van der Waals surface area contributed by atoms with Gasteiger partial charge in [0.1, 0.15) is 6.61 Å². The van der Waals surface area contributed by atoms with Crippen molar-refractivity contribution < 1.29 is 28.6 Å². The zero-order chi connectivity index (χ0) is 21.8. The quantitative estimate of drug-likeness (QED) is 0.286. The number of benzene rings is 1. The van der Waals surface area contributed by atoms with Crippen molar-refractivity contribution in [3.8, 4) is 0 Å². The fraction of sp³-hybridized carbons (Fsp3) is 0.500. The molecule has 0 saturated carbocycles. The van der Waals surface area contributed by atoms with Gasteiger partial charge in [0.15, 0.2) is 5.11 Å². The van der Waals surface area contributed by atoms with Crippen molar-refractivity contribution in [1.82, 2.24) is 10.6 Å². The molecule has 1 aromatic rings. The number of esters is 1. The van der Waals surface area contributed by atoms with E-state index in [4.69, 9.17) is 26.4 Å². The number of hydrogen-bond donors (Lipinski definition) is 3. The molecule has 2 rings (SSSR count). The van der Waals surface area contributed by atoms with Crippen LogP contribution in [0.2, 0.25) is 0 Å². The van der Waals surface area contributed by atoms with Gasteiger partial charge in [-0.2, -0.15) is 0 Å². The summed E-state index contributed by atoms with van der Waals surface area (Å²) in [6.45, 7) is 1.66. The molecule has 1 aromatic carbocycles. The molecule has 30 heavy (non-hydrogen) atoms. The van der Waals surface area contributed by atoms with Crippen LogP contribution in [0, 0.1) is 0 Å². The standard InChI is InChI=1S/C20H27N3O6S/c1-27-10-11-29-18(25)8-7-17(24)23-20(30)22-15-5-2-4-14(12-15)19(26)21-13-16-6-3-9-28-16/h2,4-5,12,16H,3,6-11,13H2,1H3,(H,21,26)(H2,22,23,24,30). The minimum Gasteiger partial charge on any atom is -0.463 e. The second-order valence-electron chi connectivity index (χ2n) is 6.64. The zero-order valence-corrected chi connectivity index (χ0v) is 17.7. The number of carbonyl (C=O) groups is 3. The summed E-state index contributed by atoms with van der Waals surface area (Å²) in [6, 6.07) is 6.76. The predicted octanol–water partition coefficient (Wildman–Crippen LogP) is 1.38. The normalized spacial score (nSPS) is 15.3. The lowest BCUT2D eigenvalue weighted by Gasteiger charge is -2.12. The number of nitrogens with one attached hydrogen (secondary N) is 3. The van der Waals surface area contributed by atoms with Crippen LogP contribution in [0.1, 0.15) is 36.0 Å². The van der Waals surface area contributed by atoms with Gasteiger partial charge in [-0.05, 0) is 43.3 Å². The molecule has 0 bridgehead atoms. The third-order valence-corrected chi connectivity index (χ3v) is 4.46. The van der Waals surface area contributed by atoms with Gasteiger partial charge in [-0.15, -0.1) is 0 Å². The topological polar surface area (TPSA) is 115 Å². The van der Waals surface area contributed by atoms with Crippen LogP contribution in [0.4, 0.5) is 5.69 Å². The molecule has 0 aromatic heterocycles. The monoisotopic (exact) mass is 437 g/mol. The summed E-state index contributed by atoms with van der Waals surface area (Å²) in [5.74, 6) is -1.11. The van der Waals surface area contributed by atoms with Crippen LogP contribution in [0.25, 0.3) is 0 Å². The fourth-order valence-electron chi connectivity index (χ4n) is 2.73. The Kier molecular flexibility index (Phi) is 10.2. The predicted molar refractivity (Wildman–Crippen MR) is 114 cm³/mol. The van der Waals surface area contributed by atoms with E-state index in [0.717, 1.165) is 19.4 Å². The second-order valence-corrected chi connectivity index (χ2v) is 7.05. The third-order valence-electron chi connectivity index (χ3n) is 4.26. The lowest BCUT2D eigenvalue weighted by atomic mass is 10.1. The summed E-state index contributed by atoms with van der Waals surface area (Å²) < 4.78 is 15.2. The van der Waals surface area contributed by atoms with Gasteiger partial charge in [0, 0.05) is 37.9 Å². The Hall–Kier alpha value is -2.56. The van der Waals surface area contributed by atoms with Gasteiger partial charge >= 0.3 is 5.97 Å². The van der Waals surface area contributed by atoms with Crippen LogP contribution in [0.5, 0.6) is 0 Å².